The lowest BCUT2D eigenvalue weighted by Gasteiger charge is -2.24. The van der Waals surface area contributed by atoms with Gasteiger partial charge in [-0.2, -0.15) is 0 Å². The molecule has 3 aromatic rings. The van der Waals surface area contributed by atoms with E-state index >= 15 is 0 Å². The Morgan fingerprint density at radius 2 is 1.77 bits per heavy atom. The monoisotopic (exact) mass is 533 g/mol. The van der Waals surface area contributed by atoms with E-state index in [-0.39, 0.29) is 25.6 Å². The Bertz CT molecular complexity index is 1350. The number of fused-ring (bicyclic) bond motifs is 1. The van der Waals surface area contributed by atoms with Crippen LogP contribution in [0.1, 0.15) is 49.3 Å². The molecule has 2 atom stereocenters. The smallest absolute Gasteiger partial charge is 0.410 e. The number of aryl methyl sites for hydroxylation is 1. The molecular formula is C30H35N3O6. The third kappa shape index (κ3) is 7.04. The molecule has 0 aliphatic carbocycles. The largest absolute Gasteiger partial charge is 0.489 e. The van der Waals surface area contributed by atoms with Crippen molar-refractivity contribution >= 4 is 28.9 Å². The van der Waals surface area contributed by atoms with E-state index in [1.54, 1.807) is 52.0 Å². The summed E-state index contributed by atoms with van der Waals surface area (Å²) in [6, 6.07) is 16.1. The number of likely N-dealkylation sites (tertiary alicyclic amines) is 1. The zero-order chi connectivity index (χ0) is 28.2. The second kappa shape index (κ2) is 11.7. The first-order valence-electron chi connectivity index (χ1n) is 13.1. The van der Waals surface area contributed by atoms with Gasteiger partial charge in [0.05, 0.1) is 24.1 Å². The number of pyridine rings is 1. The summed E-state index contributed by atoms with van der Waals surface area (Å²) < 4.78 is 16.6. The lowest BCUT2D eigenvalue weighted by molar-refractivity contribution is -0.148. The molecule has 1 aromatic heterocycles. The molecule has 0 bridgehead atoms. The molecule has 0 saturated carbocycles. The minimum atomic E-state index is -0.692. The van der Waals surface area contributed by atoms with E-state index < -0.39 is 29.6 Å². The van der Waals surface area contributed by atoms with Crippen LogP contribution in [0.3, 0.4) is 0 Å². The van der Waals surface area contributed by atoms with Crippen LogP contribution >= 0.6 is 0 Å². The van der Waals surface area contributed by atoms with E-state index in [1.165, 1.54) is 4.90 Å². The van der Waals surface area contributed by atoms with Gasteiger partial charge in [-0.15, -0.1) is 0 Å². The molecule has 1 aliphatic heterocycles. The van der Waals surface area contributed by atoms with Gasteiger partial charge in [0.2, 0.25) is 0 Å². The standard InChI is InChI=1S/C30H35N3O6/c1-6-37-28(35)24-16-33(29(36)39-30(3,4)5)17-26(24)32-27(34)20-11-13-22(14-12-20)38-18-21-15-19(2)31-25-10-8-7-9-23(21)25/h7-15,24,26H,6,16-18H2,1-5H3,(H,32,34)/t24-,26-/m1/s1. The number of nitrogens with one attached hydrogen (secondary N) is 1. The van der Waals surface area contributed by atoms with Gasteiger partial charge in [0.1, 0.15) is 18.0 Å². The molecule has 206 valence electrons. The molecular weight excluding hydrogens is 498 g/mol. The van der Waals surface area contributed by atoms with Crippen LogP contribution in [0.25, 0.3) is 10.9 Å². The summed E-state index contributed by atoms with van der Waals surface area (Å²) in [7, 11) is 0. The van der Waals surface area contributed by atoms with Crippen molar-refractivity contribution in [3.63, 3.8) is 0 Å². The highest BCUT2D eigenvalue weighted by Gasteiger charge is 2.42. The number of hydrogen-bond acceptors (Lipinski definition) is 7. The summed E-state index contributed by atoms with van der Waals surface area (Å²) in [6.45, 7) is 9.81. The van der Waals surface area contributed by atoms with Gasteiger partial charge in [0.15, 0.2) is 0 Å². The normalized spacial score (nSPS) is 17.1. The van der Waals surface area contributed by atoms with E-state index in [2.05, 4.69) is 10.3 Å². The van der Waals surface area contributed by atoms with Crippen LogP contribution < -0.4 is 10.1 Å². The van der Waals surface area contributed by atoms with E-state index in [0.717, 1.165) is 22.2 Å². The van der Waals surface area contributed by atoms with Crippen LogP contribution in [-0.4, -0.2) is 59.2 Å². The van der Waals surface area contributed by atoms with Gasteiger partial charge in [-0.1, -0.05) is 18.2 Å². The van der Waals surface area contributed by atoms with Crippen molar-refractivity contribution in [2.75, 3.05) is 19.7 Å². The van der Waals surface area contributed by atoms with Crippen LogP contribution in [0.5, 0.6) is 5.75 Å². The number of para-hydroxylation sites is 1. The fraction of sp³-hybridized carbons (Fsp3) is 0.400. The topological polar surface area (TPSA) is 107 Å². The summed E-state index contributed by atoms with van der Waals surface area (Å²) in [5, 5.41) is 3.93. The number of carbonyl (C=O) groups excluding carboxylic acids is 3. The Morgan fingerprint density at radius 1 is 1.05 bits per heavy atom. The van der Waals surface area contributed by atoms with Crippen LogP contribution in [0, 0.1) is 12.8 Å². The maximum absolute atomic E-state index is 13.1. The molecule has 4 rings (SSSR count). The predicted molar refractivity (Wildman–Crippen MR) is 146 cm³/mol. The Hall–Kier alpha value is -4.14. The van der Waals surface area contributed by atoms with Gasteiger partial charge >= 0.3 is 12.1 Å². The zero-order valence-electron chi connectivity index (χ0n) is 23.0. The van der Waals surface area contributed by atoms with Crippen LogP contribution in [-0.2, 0) is 20.9 Å². The van der Waals surface area contributed by atoms with E-state index in [1.807, 2.05) is 37.3 Å². The van der Waals surface area contributed by atoms with Crippen LogP contribution in [0.15, 0.2) is 54.6 Å². The summed E-state index contributed by atoms with van der Waals surface area (Å²) >= 11 is 0. The molecule has 2 aromatic carbocycles. The quantitative estimate of drug-likeness (QED) is 0.441. The second-order valence-corrected chi connectivity index (χ2v) is 10.6. The summed E-state index contributed by atoms with van der Waals surface area (Å²) in [4.78, 5) is 44.2. The minimum Gasteiger partial charge on any atom is -0.489 e. The van der Waals surface area contributed by atoms with E-state index in [4.69, 9.17) is 14.2 Å². The molecule has 0 spiro atoms. The highest BCUT2D eigenvalue weighted by atomic mass is 16.6. The zero-order valence-corrected chi connectivity index (χ0v) is 23.0. The molecule has 39 heavy (non-hydrogen) atoms. The molecule has 2 heterocycles. The summed E-state index contributed by atoms with van der Waals surface area (Å²) in [5.74, 6) is -0.895. The maximum Gasteiger partial charge on any atom is 0.410 e. The second-order valence-electron chi connectivity index (χ2n) is 10.6. The summed E-state index contributed by atoms with van der Waals surface area (Å²) in [5.41, 5.74) is 2.59. The maximum atomic E-state index is 13.1. The number of ether oxygens (including phenoxy) is 3. The first-order chi connectivity index (χ1) is 18.5. The Balaban J connectivity index is 1.41. The number of hydrogen-bond donors (Lipinski definition) is 1. The molecule has 0 radical (unpaired) electrons. The van der Waals surface area contributed by atoms with Gasteiger partial charge < -0.3 is 24.4 Å². The molecule has 2 amide bonds. The van der Waals surface area contributed by atoms with Crippen molar-refractivity contribution in [2.45, 2.75) is 52.9 Å². The number of carbonyl (C=O) groups is 3. The Labute approximate surface area is 228 Å². The highest BCUT2D eigenvalue weighted by molar-refractivity contribution is 5.95. The van der Waals surface area contributed by atoms with Crippen molar-refractivity contribution in [1.82, 2.24) is 15.2 Å². The van der Waals surface area contributed by atoms with Gasteiger partial charge in [-0.3, -0.25) is 14.6 Å². The highest BCUT2D eigenvalue weighted by Crippen LogP contribution is 2.24. The average Bonchev–Trinajstić information content (AvgIpc) is 3.31. The summed E-state index contributed by atoms with van der Waals surface area (Å²) in [6.07, 6.45) is -0.535. The van der Waals surface area contributed by atoms with E-state index in [9.17, 15) is 14.4 Å². The third-order valence-electron chi connectivity index (χ3n) is 6.32. The molecule has 9 heteroatoms. The number of benzene rings is 2. The Kier molecular flexibility index (Phi) is 8.38. The van der Waals surface area contributed by atoms with Crippen molar-refractivity contribution in [1.29, 1.82) is 0 Å². The van der Waals surface area contributed by atoms with Gasteiger partial charge in [0.25, 0.3) is 5.91 Å². The van der Waals surface area contributed by atoms with Gasteiger partial charge in [-0.25, -0.2) is 4.79 Å². The van der Waals surface area contributed by atoms with Gasteiger partial charge in [-0.05, 0) is 71.0 Å². The van der Waals surface area contributed by atoms with Crippen LogP contribution in [0.4, 0.5) is 4.79 Å². The molecule has 9 nitrogen and oxygen atoms in total. The number of nitrogens with zero attached hydrogens (tertiary/aromatic N) is 2. The number of amides is 2. The number of rotatable bonds is 7. The minimum absolute atomic E-state index is 0.106. The lowest BCUT2D eigenvalue weighted by atomic mass is 10.0. The van der Waals surface area contributed by atoms with Crippen molar-refractivity contribution in [3.05, 3.63) is 71.4 Å². The fourth-order valence-electron chi connectivity index (χ4n) is 4.54. The predicted octanol–water partition coefficient (Wildman–Crippen LogP) is 4.65. The first-order valence-corrected chi connectivity index (χ1v) is 13.1. The SMILES string of the molecule is CCOC(=O)[C@@H]1CN(C(=O)OC(C)(C)C)C[C@H]1NC(=O)c1ccc(OCc2cc(C)nc3ccccc23)cc1. The number of aromatic nitrogens is 1. The third-order valence-corrected chi connectivity index (χ3v) is 6.32. The van der Waals surface area contributed by atoms with Crippen molar-refractivity contribution in [2.24, 2.45) is 5.92 Å². The first kappa shape index (κ1) is 27.9. The van der Waals surface area contributed by atoms with Crippen molar-refractivity contribution in [3.8, 4) is 5.75 Å². The van der Waals surface area contributed by atoms with E-state index in [0.29, 0.717) is 17.9 Å². The lowest BCUT2D eigenvalue weighted by Crippen LogP contribution is -2.43. The van der Waals surface area contributed by atoms with Crippen molar-refractivity contribution < 1.29 is 28.6 Å². The molecule has 1 aliphatic rings. The van der Waals surface area contributed by atoms with Gasteiger partial charge in [0, 0.05) is 35.3 Å². The average molecular weight is 534 g/mol. The molecule has 1 N–H and O–H groups in total. The molecule has 0 unspecified atom stereocenters. The fourth-order valence-corrected chi connectivity index (χ4v) is 4.54. The Morgan fingerprint density at radius 3 is 2.46 bits per heavy atom. The number of esters is 1. The molecule has 1 saturated heterocycles. The van der Waals surface area contributed by atoms with Crippen LogP contribution in [0.2, 0.25) is 0 Å². The molecule has 1 fully saturated rings.